The molecule has 2 fully saturated rings. The average Bonchev–Trinajstić information content (AvgIpc) is 2.83. The maximum absolute atomic E-state index is 5.57. The summed E-state index contributed by atoms with van der Waals surface area (Å²) >= 11 is 5.57. The van der Waals surface area contributed by atoms with Gasteiger partial charge in [-0.15, -0.1) is 0 Å². The monoisotopic (exact) mass is 468 g/mol. The van der Waals surface area contributed by atoms with Gasteiger partial charge in [0, 0.05) is 38.8 Å². The van der Waals surface area contributed by atoms with Crippen molar-refractivity contribution in [1.82, 2.24) is 15.3 Å². The molecule has 1 aromatic heterocycles. The van der Waals surface area contributed by atoms with Crippen LogP contribution in [-0.4, -0.2) is 48.4 Å². The Kier molecular flexibility index (Phi) is 7.85. The highest BCUT2D eigenvalue weighted by atomic mass is 32.1. The summed E-state index contributed by atoms with van der Waals surface area (Å²) in [5.41, 5.74) is 1.12. The molecule has 3 heterocycles. The Bertz CT molecular complexity index is 921. The lowest BCUT2D eigenvalue weighted by atomic mass is 9.92. The molecule has 0 unspecified atom stereocenters. The zero-order chi connectivity index (χ0) is 23.2. The van der Waals surface area contributed by atoms with E-state index in [4.69, 9.17) is 26.9 Å². The number of hydrogen-bond acceptors (Lipinski definition) is 6. The second-order valence-corrected chi connectivity index (χ2v) is 9.87. The van der Waals surface area contributed by atoms with E-state index in [1.54, 1.807) is 7.11 Å². The zero-order valence-electron chi connectivity index (χ0n) is 20.0. The van der Waals surface area contributed by atoms with Crippen molar-refractivity contribution in [3.63, 3.8) is 0 Å². The first-order valence-electron chi connectivity index (χ1n) is 12.1. The number of piperidine rings is 2. The molecule has 0 amide bonds. The molecule has 7 nitrogen and oxygen atoms in total. The molecule has 0 radical (unpaired) electrons. The third-order valence-electron chi connectivity index (χ3n) is 6.41. The van der Waals surface area contributed by atoms with E-state index in [1.165, 1.54) is 25.7 Å². The van der Waals surface area contributed by atoms with Crippen LogP contribution in [-0.2, 0) is 6.54 Å². The summed E-state index contributed by atoms with van der Waals surface area (Å²) in [5, 5.41) is 7.03. The molecule has 2 saturated heterocycles. The molecule has 2 aromatic rings. The summed E-state index contributed by atoms with van der Waals surface area (Å²) < 4.78 is 5.23. The van der Waals surface area contributed by atoms with Crippen LogP contribution in [0.1, 0.15) is 45.1 Å². The molecule has 33 heavy (non-hydrogen) atoms. The molecule has 178 valence electrons. The quantitative estimate of drug-likeness (QED) is 0.603. The van der Waals surface area contributed by atoms with Crippen molar-refractivity contribution < 1.29 is 4.74 Å². The highest BCUT2D eigenvalue weighted by Crippen LogP contribution is 2.29. The Hall–Kier alpha value is -2.61. The summed E-state index contributed by atoms with van der Waals surface area (Å²) in [6.07, 6.45) is 4.98. The van der Waals surface area contributed by atoms with Gasteiger partial charge in [0.25, 0.3) is 0 Å². The minimum atomic E-state index is 0.521. The van der Waals surface area contributed by atoms with Crippen LogP contribution in [0.2, 0.25) is 0 Å². The zero-order valence-corrected chi connectivity index (χ0v) is 20.8. The highest BCUT2D eigenvalue weighted by Gasteiger charge is 2.25. The molecule has 2 aliphatic heterocycles. The second-order valence-electron chi connectivity index (χ2n) is 9.46. The fourth-order valence-electron chi connectivity index (χ4n) is 4.85. The first kappa shape index (κ1) is 23.5. The predicted molar refractivity (Wildman–Crippen MR) is 139 cm³/mol. The smallest absolute Gasteiger partial charge is 0.232 e. The Balaban J connectivity index is 1.48. The summed E-state index contributed by atoms with van der Waals surface area (Å²) in [4.78, 5) is 14.5. The number of thiocarbonyl (C=S) groups is 1. The molecule has 8 heteroatoms. The minimum absolute atomic E-state index is 0.521. The Morgan fingerprint density at radius 3 is 2.27 bits per heavy atom. The number of aromatic nitrogens is 2. The van der Waals surface area contributed by atoms with Crippen molar-refractivity contribution in [2.45, 2.75) is 46.1 Å². The van der Waals surface area contributed by atoms with Gasteiger partial charge in [-0.3, -0.25) is 0 Å². The number of rotatable bonds is 6. The number of nitrogens with zero attached hydrogens (tertiary/aromatic N) is 4. The molecule has 0 bridgehead atoms. The lowest BCUT2D eigenvalue weighted by molar-refractivity contribution is 0.355. The van der Waals surface area contributed by atoms with Gasteiger partial charge in [0.2, 0.25) is 5.95 Å². The maximum atomic E-state index is 5.57. The van der Waals surface area contributed by atoms with Gasteiger partial charge in [0.05, 0.1) is 7.11 Å². The van der Waals surface area contributed by atoms with E-state index in [0.29, 0.717) is 29.4 Å². The highest BCUT2D eigenvalue weighted by molar-refractivity contribution is 7.80. The summed E-state index contributed by atoms with van der Waals surface area (Å²) in [6.45, 7) is 9.42. The van der Waals surface area contributed by atoms with E-state index in [2.05, 4.69) is 40.3 Å². The number of nitrogens with one attached hydrogen (secondary N) is 2. The van der Waals surface area contributed by atoms with Gasteiger partial charge in [0.15, 0.2) is 5.11 Å². The number of anilines is 3. The lowest BCUT2D eigenvalue weighted by Gasteiger charge is -2.36. The van der Waals surface area contributed by atoms with Crippen molar-refractivity contribution in [1.29, 1.82) is 0 Å². The Morgan fingerprint density at radius 2 is 1.64 bits per heavy atom. The fourth-order valence-corrected chi connectivity index (χ4v) is 5.01. The number of methoxy groups -OCH3 is 1. The van der Waals surface area contributed by atoms with Gasteiger partial charge in [-0.25, -0.2) is 0 Å². The topological polar surface area (TPSA) is 65.6 Å². The van der Waals surface area contributed by atoms with Crippen LogP contribution in [0.25, 0.3) is 0 Å². The van der Waals surface area contributed by atoms with Gasteiger partial charge in [0.1, 0.15) is 17.4 Å². The van der Waals surface area contributed by atoms with Crippen LogP contribution in [0.4, 0.5) is 17.6 Å². The number of ether oxygens (including phenoxy) is 1. The van der Waals surface area contributed by atoms with E-state index in [0.717, 1.165) is 49.1 Å². The Morgan fingerprint density at radius 1 is 1.00 bits per heavy atom. The van der Waals surface area contributed by atoms with Gasteiger partial charge in [-0.05, 0) is 67.4 Å². The minimum Gasteiger partial charge on any atom is -0.497 e. The molecule has 0 spiro atoms. The standard InChI is InChI=1S/C25H36N6OS/c1-18-13-19(2)17-31(16-18)23-14-22(30-11-5-4-6-12-30)27-24(28-23)29-25(33)26-15-20-7-9-21(32-3)10-8-20/h7-10,14,18-19H,4-6,11-13,15-17H2,1-3H3,(H2,26,27,28,29,33)/t18-,19-/m1/s1. The second kappa shape index (κ2) is 11.0. The third-order valence-corrected chi connectivity index (χ3v) is 6.66. The van der Waals surface area contributed by atoms with E-state index in [9.17, 15) is 0 Å². The summed E-state index contributed by atoms with van der Waals surface area (Å²) in [5.74, 6) is 4.70. The van der Waals surface area contributed by atoms with Crippen LogP contribution in [0.5, 0.6) is 5.75 Å². The van der Waals surface area contributed by atoms with Crippen LogP contribution in [0.15, 0.2) is 30.3 Å². The largest absolute Gasteiger partial charge is 0.497 e. The predicted octanol–water partition coefficient (Wildman–Crippen LogP) is 4.44. The van der Waals surface area contributed by atoms with Crippen molar-refractivity contribution in [3.05, 3.63) is 35.9 Å². The van der Waals surface area contributed by atoms with Crippen molar-refractivity contribution in [2.24, 2.45) is 11.8 Å². The Labute approximate surface area is 202 Å². The molecular weight excluding hydrogens is 432 g/mol. The third kappa shape index (κ3) is 6.47. The first-order chi connectivity index (χ1) is 16.0. The summed E-state index contributed by atoms with van der Waals surface area (Å²) in [6, 6.07) is 10.1. The van der Waals surface area contributed by atoms with Gasteiger partial charge < -0.3 is 25.2 Å². The molecule has 2 atom stereocenters. The van der Waals surface area contributed by atoms with Crippen molar-refractivity contribution in [2.75, 3.05) is 48.4 Å². The van der Waals surface area contributed by atoms with Crippen LogP contribution < -0.4 is 25.2 Å². The molecule has 0 aliphatic carbocycles. The maximum Gasteiger partial charge on any atom is 0.232 e. The number of benzene rings is 1. The van der Waals surface area contributed by atoms with Crippen molar-refractivity contribution in [3.8, 4) is 5.75 Å². The fraction of sp³-hybridized carbons (Fsp3) is 0.560. The van der Waals surface area contributed by atoms with Gasteiger partial charge in [-0.1, -0.05) is 26.0 Å². The van der Waals surface area contributed by atoms with Crippen LogP contribution in [0.3, 0.4) is 0 Å². The van der Waals surface area contributed by atoms with Gasteiger partial charge in [-0.2, -0.15) is 9.97 Å². The molecular formula is C25H36N6OS. The average molecular weight is 469 g/mol. The van der Waals surface area contributed by atoms with Gasteiger partial charge >= 0.3 is 0 Å². The number of hydrogen-bond donors (Lipinski definition) is 2. The van der Waals surface area contributed by atoms with E-state index in [-0.39, 0.29) is 0 Å². The molecule has 4 rings (SSSR count). The molecule has 0 saturated carbocycles. The SMILES string of the molecule is COc1ccc(CNC(=S)Nc2nc(N3CCCCC3)cc(N3C[C@H](C)C[C@@H](C)C3)n2)cc1. The van der Waals surface area contributed by atoms with E-state index < -0.39 is 0 Å². The van der Waals surface area contributed by atoms with E-state index >= 15 is 0 Å². The molecule has 1 aromatic carbocycles. The van der Waals surface area contributed by atoms with E-state index in [1.807, 2.05) is 24.3 Å². The molecule has 2 aliphatic rings. The first-order valence-corrected chi connectivity index (χ1v) is 12.5. The van der Waals surface area contributed by atoms with Crippen LogP contribution >= 0.6 is 12.2 Å². The van der Waals surface area contributed by atoms with Crippen LogP contribution in [0, 0.1) is 11.8 Å². The molecule has 2 N–H and O–H groups in total. The lowest BCUT2D eigenvalue weighted by Crippen LogP contribution is -2.40. The summed E-state index contributed by atoms with van der Waals surface area (Å²) in [7, 11) is 1.67. The van der Waals surface area contributed by atoms with Crippen molar-refractivity contribution >= 4 is 34.9 Å². The normalized spacial score (nSPS) is 20.9.